The average molecular weight is 415 g/mol. The van der Waals surface area contributed by atoms with Crippen molar-refractivity contribution in [3.8, 4) is 0 Å². The normalized spacial score (nSPS) is 12.5. The number of hydrogen-bond donors (Lipinski definition) is 2. The molecule has 0 aromatic heterocycles. The smallest absolute Gasteiger partial charge is 0.350 e. The quantitative estimate of drug-likeness (QED) is 0.787. The fraction of sp³-hybridized carbons (Fsp3) is 0.176. The summed E-state index contributed by atoms with van der Waals surface area (Å²) < 4.78 is 42.6. The molecule has 0 aliphatic heterocycles. The number of nitrogens with two attached hydrogens (primary N) is 1. The van der Waals surface area contributed by atoms with Crippen molar-refractivity contribution in [2.45, 2.75) is 18.9 Å². The highest BCUT2D eigenvalue weighted by Crippen LogP contribution is 2.32. The van der Waals surface area contributed by atoms with Crippen molar-refractivity contribution >= 4 is 27.7 Å². The van der Waals surface area contributed by atoms with E-state index in [1.807, 2.05) is 5.32 Å². The van der Waals surface area contributed by atoms with E-state index in [1.54, 1.807) is 12.1 Å². The summed E-state index contributed by atoms with van der Waals surface area (Å²) in [4.78, 5) is 23.7. The fourth-order valence-electron chi connectivity index (χ4n) is 2.33. The van der Waals surface area contributed by atoms with Gasteiger partial charge in [-0.25, -0.2) is 4.39 Å². The van der Waals surface area contributed by atoms with Gasteiger partial charge in [0.15, 0.2) is 0 Å². The van der Waals surface area contributed by atoms with Gasteiger partial charge in [0.25, 0.3) is 5.91 Å². The molecule has 2 aromatic carbocycles. The third-order valence-electron chi connectivity index (χ3n) is 3.55. The minimum absolute atomic E-state index is 0.0850. The van der Waals surface area contributed by atoms with Gasteiger partial charge in [-0.3, -0.25) is 9.59 Å². The topological polar surface area (TPSA) is 72.2 Å². The van der Waals surface area contributed by atoms with Gasteiger partial charge in [-0.2, -0.15) is 8.78 Å². The number of rotatable bonds is 5. The lowest BCUT2D eigenvalue weighted by atomic mass is 10.0. The summed E-state index contributed by atoms with van der Waals surface area (Å²) in [6, 6.07) is 7.33. The Morgan fingerprint density at radius 1 is 1.20 bits per heavy atom. The third kappa shape index (κ3) is 4.19. The molecule has 0 spiro atoms. The second kappa shape index (κ2) is 7.26. The van der Waals surface area contributed by atoms with Crippen molar-refractivity contribution in [2.24, 2.45) is 5.73 Å². The van der Waals surface area contributed by atoms with E-state index in [4.69, 9.17) is 5.73 Å². The Kier molecular flexibility index (Phi) is 5.52. The van der Waals surface area contributed by atoms with E-state index in [1.165, 1.54) is 19.1 Å². The third-order valence-corrected chi connectivity index (χ3v) is 4.05. The molecule has 2 rings (SSSR count). The van der Waals surface area contributed by atoms with Crippen molar-refractivity contribution in [1.82, 2.24) is 5.32 Å². The number of carbonyl (C=O) groups is 2. The zero-order valence-electron chi connectivity index (χ0n) is 13.0. The number of alkyl halides is 2. The maximum Gasteiger partial charge on any atom is 0.350 e. The predicted molar refractivity (Wildman–Crippen MR) is 89.3 cm³/mol. The SMILES string of the molecule is Cc1cc(F)ccc1C(F)(F)C(=O)NC(C(N)=O)c1cccc(Br)c1. The maximum absolute atomic E-state index is 14.5. The van der Waals surface area contributed by atoms with E-state index in [0.717, 1.165) is 18.2 Å². The zero-order chi connectivity index (χ0) is 18.8. The van der Waals surface area contributed by atoms with Crippen LogP contribution in [0.4, 0.5) is 13.2 Å². The number of benzene rings is 2. The molecule has 8 heteroatoms. The molecule has 0 bridgehead atoms. The van der Waals surface area contributed by atoms with Gasteiger partial charge in [-0.1, -0.05) is 28.1 Å². The number of halogens is 4. The van der Waals surface area contributed by atoms with Crippen molar-refractivity contribution in [3.05, 3.63) is 69.4 Å². The number of amides is 2. The number of nitrogens with one attached hydrogen (secondary N) is 1. The van der Waals surface area contributed by atoms with E-state index in [9.17, 15) is 22.8 Å². The Morgan fingerprint density at radius 2 is 1.88 bits per heavy atom. The minimum atomic E-state index is -3.96. The summed E-state index contributed by atoms with van der Waals surface area (Å²) >= 11 is 3.19. The largest absolute Gasteiger partial charge is 0.368 e. The van der Waals surface area contributed by atoms with Crippen LogP contribution < -0.4 is 11.1 Å². The molecule has 0 saturated carbocycles. The van der Waals surface area contributed by atoms with Crippen LogP contribution in [-0.4, -0.2) is 11.8 Å². The molecule has 0 saturated heterocycles. The summed E-state index contributed by atoms with van der Waals surface area (Å²) in [5.41, 5.74) is 4.75. The molecule has 0 radical (unpaired) electrons. The van der Waals surface area contributed by atoms with Gasteiger partial charge in [-0.15, -0.1) is 0 Å². The highest BCUT2D eigenvalue weighted by atomic mass is 79.9. The number of primary amides is 1. The Labute approximate surface area is 150 Å². The van der Waals surface area contributed by atoms with Crippen LogP contribution in [0.15, 0.2) is 46.9 Å². The number of aryl methyl sites for hydroxylation is 1. The molecule has 2 amide bonds. The van der Waals surface area contributed by atoms with E-state index in [2.05, 4.69) is 15.9 Å². The van der Waals surface area contributed by atoms with Crippen molar-refractivity contribution in [3.63, 3.8) is 0 Å². The lowest BCUT2D eigenvalue weighted by molar-refractivity contribution is -0.149. The summed E-state index contributed by atoms with van der Waals surface area (Å²) in [5, 5.41) is 1.96. The standard InChI is InChI=1S/C17H14BrF3N2O2/c1-9-7-12(19)5-6-13(9)17(20,21)16(25)23-14(15(22)24)10-3-2-4-11(18)8-10/h2-8,14H,1H3,(H2,22,24)(H,23,25). The van der Waals surface area contributed by atoms with Crippen LogP contribution in [0.5, 0.6) is 0 Å². The van der Waals surface area contributed by atoms with E-state index in [0.29, 0.717) is 4.47 Å². The van der Waals surface area contributed by atoms with Gasteiger partial charge < -0.3 is 11.1 Å². The molecule has 0 aliphatic carbocycles. The van der Waals surface area contributed by atoms with Gasteiger partial charge in [-0.05, 0) is 48.4 Å². The molecule has 3 N–H and O–H groups in total. The fourth-order valence-corrected chi connectivity index (χ4v) is 2.75. The summed E-state index contributed by atoms with van der Waals surface area (Å²) in [6.07, 6.45) is 0. The lowest BCUT2D eigenvalue weighted by Gasteiger charge is -2.22. The van der Waals surface area contributed by atoms with Crippen LogP contribution in [0.3, 0.4) is 0 Å². The van der Waals surface area contributed by atoms with Gasteiger partial charge in [0.1, 0.15) is 11.9 Å². The Bertz CT molecular complexity index is 827. The van der Waals surface area contributed by atoms with E-state index in [-0.39, 0.29) is 11.1 Å². The molecule has 132 valence electrons. The first-order chi connectivity index (χ1) is 11.6. The predicted octanol–water partition coefficient (Wildman–Crippen LogP) is 3.33. The first-order valence-electron chi connectivity index (χ1n) is 7.13. The van der Waals surface area contributed by atoms with Crippen LogP contribution in [-0.2, 0) is 15.5 Å². The molecule has 4 nitrogen and oxygen atoms in total. The Hall–Kier alpha value is -2.35. The molecular formula is C17H14BrF3N2O2. The molecule has 25 heavy (non-hydrogen) atoms. The highest BCUT2D eigenvalue weighted by Gasteiger charge is 2.43. The molecule has 2 aromatic rings. The van der Waals surface area contributed by atoms with Crippen LogP contribution >= 0.6 is 15.9 Å². The van der Waals surface area contributed by atoms with Crippen molar-refractivity contribution in [2.75, 3.05) is 0 Å². The zero-order valence-corrected chi connectivity index (χ0v) is 14.6. The summed E-state index contributed by atoms with van der Waals surface area (Å²) in [5.74, 6) is -7.34. The second-order valence-corrected chi connectivity index (χ2v) is 6.31. The highest BCUT2D eigenvalue weighted by molar-refractivity contribution is 9.10. The van der Waals surface area contributed by atoms with Gasteiger partial charge in [0, 0.05) is 10.0 Å². The van der Waals surface area contributed by atoms with Crippen LogP contribution in [0.1, 0.15) is 22.7 Å². The second-order valence-electron chi connectivity index (χ2n) is 5.40. The summed E-state index contributed by atoms with van der Waals surface area (Å²) in [6.45, 7) is 1.26. The number of carbonyl (C=O) groups excluding carboxylic acids is 2. The van der Waals surface area contributed by atoms with Gasteiger partial charge >= 0.3 is 5.92 Å². The van der Waals surface area contributed by atoms with Crippen molar-refractivity contribution < 1.29 is 22.8 Å². The summed E-state index contributed by atoms with van der Waals surface area (Å²) in [7, 11) is 0. The van der Waals surface area contributed by atoms with Crippen molar-refractivity contribution in [1.29, 1.82) is 0 Å². The Morgan fingerprint density at radius 3 is 2.44 bits per heavy atom. The van der Waals surface area contributed by atoms with E-state index >= 15 is 0 Å². The molecule has 0 aliphatic rings. The monoisotopic (exact) mass is 414 g/mol. The van der Waals surface area contributed by atoms with Gasteiger partial charge in [0.2, 0.25) is 5.91 Å². The molecule has 1 atom stereocenters. The van der Waals surface area contributed by atoms with Crippen LogP contribution in [0, 0.1) is 12.7 Å². The lowest BCUT2D eigenvalue weighted by Crippen LogP contribution is -2.44. The first kappa shape index (κ1) is 19.0. The van der Waals surface area contributed by atoms with Gasteiger partial charge in [0.05, 0.1) is 0 Å². The Balaban J connectivity index is 2.32. The minimum Gasteiger partial charge on any atom is -0.368 e. The molecule has 0 heterocycles. The maximum atomic E-state index is 14.5. The molecule has 1 unspecified atom stereocenters. The van der Waals surface area contributed by atoms with Crippen LogP contribution in [0.2, 0.25) is 0 Å². The molecular weight excluding hydrogens is 401 g/mol. The van der Waals surface area contributed by atoms with E-state index < -0.39 is 35.2 Å². The molecule has 0 fully saturated rings. The first-order valence-corrected chi connectivity index (χ1v) is 7.92. The van der Waals surface area contributed by atoms with Crippen LogP contribution in [0.25, 0.3) is 0 Å². The average Bonchev–Trinajstić information content (AvgIpc) is 2.51. The number of hydrogen-bond acceptors (Lipinski definition) is 2.